The molecule has 0 heterocycles. The van der Waals surface area contributed by atoms with Crippen molar-refractivity contribution in [3.8, 4) is 0 Å². The Morgan fingerprint density at radius 1 is 1.42 bits per heavy atom. The first-order valence-electron chi connectivity index (χ1n) is 4.55. The highest BCUT2D eigenvalue weighted by molar-refractivity contribution is 5.81. The summed E-state index contributed by atoms with van der Waals surface area (Å²) >= 11 is 0. The molecule has 0 radical (unpaired) electrons. The Kier molecular flexibility index (Phi) is 4.90. The van der Waals surface area contributed by atoms with Gasteiger partial charge in [-0.3, -0.25) is 4.79 Å². The van der Waals surface area contributed by atoms with Crippen molar-refractivity contribution in [2.45, 2.75) is 46.2 Å². The molecule has 0 aliphatic carbocycles. The first-order valence-corrected chi connectivity index (χ1v) is 4.55. The predicted octanol–water partition coefficient (Wildman–Crippen LogP) is 0.884. The topological polar surface area (TPSA) is 55.1 Å². The molecular formula is C9H20N2O. The molecule has 0 aromatic rings. The fraction of sp³-hybridized carbons (Fsp3) is 0.889. The smallest absolute Gasteiger partial charge is 0.237 e. The quantitative estimate of drug-likeness (QED) is 0.661. The van der Waals surface area contributed by atoms with Crippen molar-refractivity contribution in [2.24, 2.45) is 11.7 Å². The van der Waals surface area contributed by atoms with Gasteiger partial charge < -0.3 is 11.1 Å². The number of nitrogens with two attached hydrogens (primary N) is 1. The van der Waals surface area contributed by atoms with E-state index >= 15 is 0 Å². The second-order valence-electron chi connectivity index (χ2n) is 3.57. The van der Waals surface area contributed by atoms with Gasteiger partial charge in [-0.05, 0) is 19.8 Å². The molecule has 3 heteroatoms. The molecule has 0 aliphatic rings. The molecule has 12 heavy (non-hydrogen) atoms. The van der Waals surface area contributed by atoms with Crippen LogP contribution >= 0.6 is 0 Å². The van der Waals surface area contributed by atoms with Gasteiger partial charge in [0.1, 0.15) is 0 Å². The van der Waals surface area contributed by atoms with E-state index in [-0.39, 0.29) is 23.9 Å². The summed E-state index contributed by atoms with van der Waals surface area (Å²) in [5.41, 5.74) is 5.71. The van der Waals surface area contributed by atoms with E-state index in [0.29, 0.717) is 0 Å². The highest BCUT2D eigenvalue weighted by Crippen LogP contribution is 2.05. The van der Waals surface area contributed by atoms with Crippen LogP contribution in [-0.2, 0) is 4.79 Å². The maximum absolute atomic E-state index is 11.3. The second-order valence-corrected chi connectivity index (χ2v) is 3.57. The maximum Gasteiger partial charge on any atom is 0.237 e. The predicted molar refractivity (Wildman–Crippen MR) is 50.7 cm³/mol. The molecule has 0 aromatic heterocycles. The zero-order chi connectivity index (χ0) is 9.72. The van der Waals surface area contributed by atoms with E-state index in [4.69, 9.17) is 5.73 Å². The standard InChI is InChI=1S/C9H20N2O/c1-5-7(4)8(10)9(12)11-6(2)3/h6-8H,5,10H2,1-4H3,(H,11,12)/t7-,8+/m1/s1. The number of amides is 1. The van der Waals surface area contributed by atoms with E-state index in [1.165, 1.54) is 0 Å². The molecule has 0 bridgehead atoms. The van der Waals surface area contributed by atoms with Crippen molar-refractivity contribution < 1.29 is 4.79 Å². The molecule has 0 rings (SSSR count). The van der Waals surface area contributed by atoms with Crippen molar-refractivity contribution in [3.63, 3.8) is 0 Å². The minimum atomic E-state index is -0.364. The van der Waals surface area contributed by atoms with E-state index in [0.717, 1.165) is 6.42 Å². The first-order chi connectivity index (χ1) is 5.49. The zero-order valence-corrected chi connectivity index (χ0v) is 8.42. The van der Waals surface area contributed by atoms with E-state index in [1.54, 1.807) is 0 Å². The zero-order valence-electron chi connectivity index (χ0n) is 8.42. The average Bonchev–Trinajstić information content (AvgIpc) is 2.00. The number of rotatable bonds is 4. The number of hydrogen-bond donors (Lipinski definition) is 2. The summed E-state index contributed by atoms with van der Waals surface area (Å²) in [6, 6.07) is -0.190. The van der Waals surface area contributed by atoms with Crippen LogP contribution in [0.1, 0.15) is 34.1 Å². The Morgan fingerprint density at radius 3 is 2.25 bits per heavy atom. The van der Waals surface area contributed by atoms with Crippen molar-refractivity contribution >= 4 is 5.91 Å². The fourth-order valence-corrected chi connectivity index (χ4v) is 0.893. The van der Waals surface area contributed by atoms with Gasteiger partial charge in [0.15, 0.2) is 0 Å². The highest BCUT2D eigenvalue weighted by atomic mass is 16.2. The lowest BCUT2D eigenvalue weighted by Gasteiger charge is -2.19. The van der Waals surface area contributed by atoms with Gasteiger partial charge in [-0.2, -0.15) is 0 Å². The molecule has 0 saturated heterocycles. The van der Waals surface area contributed by atoms with Crippen LogP contribution < -0.4 is 11.1 Å². The maximum atomic E-state index is 11.3. The van der Waals surface area contributed by atoms with Gasteiger partial charge in [-0.15, -0.1) is 0 Å². The average molecular weight is 172 g/mol. The van der Waals surface area contributed by atoms with Crippen LogP contribution in [0.2, 0.25) is 0 Å². The third kappa shape index (κ3) is 3.72. The molecule has 0 unspecified atom stereocenters. The lowest BCUT2D eigenvalue weighted by atomic mass is 9.99. The summed E-state index contributed by atoms with van der Waals surface area (Å²) in [4.78, 5) is 11.3. The molecule has 0 aliphatic heterocycles. The van der Waals surface area contributed by atoms with Gasteiger partial charge in [0.05, 0.1) is 6.04 Å². The van der Waals surface area contributed by atoms with Gasteiger partial charge in [0.2, 0.25) is 5.91 Å². The first kappa shape index (κ1) is 11.4. The molecule has 0 spiro atoms. The molecule has 2 atom stereocenters. The summed E-state index contributed by atoms with van der Waals surface area (Å²) in [6.45, 7) is 7.89. The Morgan fingerprint density at radius 2 is 1.92 bits per heavy atom. The third-order valence-corrected chi connectivity index (χ3v) is 1.99. The van der Waals surface area contributed by atoms with E-state index in [9.17, 15) is 4.79 Å². The number of nitrogens with one attached hydrogen (secondary N) is 1. The second kappa shape index (κ2) is 5.14. The molecule has 0 saturated carbocycles. The minimum Gasteiger partial charge on any atom is -0.353 e. The van der Waals surface area contributed by atoms with Crippen LogP contribution in [0.25, 0.3) is 0 Å². The van der Waals surface area contributed by atoms with Gasteiger partial charge in [-0.25, -0.2) is 0 Å². The summed E-state index contributed by atoms with van der Waals surface area (Å²) in [7, 11) is 0. The number of carbonyl (C=O) groups is 1. The Labute approximate surface area is 74.7 Å². The van der Waals surface area contributed by atoms with Crippen LogP contribution in [0, 0.1) is 5.92 Å². The summed E-state index contributed by atoms with van der Waals surface area (Å²) in [5, 5.41) is 2.79. The third-order valence-electron chi connectivity index (χ3n) is 1.99. The van der Waals surface area contributed by atoms with Crippen molar-refractivity contribution in [2.75, 3.05) is 0 Å². The molecule has 3 N–H and O–H groups in total. The lowest BCUT2D eigenvalue weighted by Crippen LogP contribution is -2.46. The van der Waals surface area contributed by atoms with Gasteiger partial charge >= 0.3 is 0 Å². The van der Waals surface area contributed by atoms with E-state index < -0.39 is 0 Å². The van der Waals surface area contributed by atoms with Crippen LogP contribution in [0.15, 0.2) is 0 Å². The van der Waals surface area contributed by atoms with E-state index in [2.05, 4.69) is 5.32 Å². The van der Waals surface area contributed by atoms with Gasteiger partial charge in [-0.1, -0.05) is 20.3 Å². The van der Waals surface area contributed by atoms with Crippen molar-refractivity contribution in [1.29, 1.82) is 0 Å². The Hall–Kier alpha value is -0.570. The fourth-order valence-electron chi connectivity index (χ4n) is 0.893. The minimum absolute atomic E-state index is 0.0423. The Bertz CT molecular complexity index is 145. The summed E-state index contributed by atoms with van der Waals surface area (Å²) in [6.07, 6.45) is 0.937. The Balaban J connectivity index is 3.92. The largest absolute Gasteiger partial charge is 0.353 e. The molecule has 0 aromatic carbocycles. The normalized spacial score (nSPS) is 15.8. The van der Waals surface area contributed by atoms with Gasteiger partial charge in [0, 0.05) is 6.04 Å². The molecule has 1 amide bonds. The van der Waals surface area contributed by atoms with E-state index in [1.807, 2.05) is 27.7 Å². The molecule has 3 nitrogen and oxygen atoms in total. The summed E-state index contributed by atoms with van der Waals surface area (Å²) < 4.78 is 0. The molecule has 72 valence electrons. The summed E-state index contributed by atoms with van der Waals surface area (Å²) in [5.74, 6) is 0.211. The van der Waals surface area contributed by atoms with Crippen LogP contribution in [0.4, 0.5) is 0 Å². The SMILES string of the molecule is CC[C@@H](C)[C@H](N)C(=O)NC(C)C. The van der Waals surface area contributed by atoms with Crippen LogP contribution in [0.5, 0.6) is 0 Å². The molecule has 0 fully saturated rings. The lowest BCUT2D eigenvalue weighted by molar-refractivity contribution is -0.123. The highest BCUT2D eigenvalue weighted by Gasteiger charge is 2.19. The number of hydrogen-bond acceptors (Lipinski definition) is 2. The van der Waals surface area contributed by atoms with Crippen molar-refractivity contribution in [3.05, 3.63) is 0 Å². The molecular weight excluding hydrogens is 152 g/mol. The number of carbonyl (C=O) groups excluding carboxylic acids is 1. The van der Waals surface area contributed by atoms with Crippen LogP contribution in [-0.4, -0.2) is 18.0 Å². The monoisotopic (exact) mass is 172 g/mol. The van der Waals surface area contributed by atoms with Crippen molar-refractivity contribution in [1.82, 2.24) is 5.32 Å². The van der Waals surface area contributed by atoms with Crippen LogP contribution in [0.3, 0.4) is 0 Å². The van der Waals surface area contributed by atoms with Gasteiger partial charge in [0.25, 0.3) is 0 Å².